The van der Waals surface area contributed by atoms with Crippen LogP contribution >= 0.6 is 0 Å². The van der Waals surface area contributed by atoms with Crippen molar-refractivity contribution in [3.8, 4) is 0 Å². The molecule has 3 rings (SSSR count). The van der Waals surface area contributed by atoms with Gasteiger partial charge >= 0.3 is 0 Å². The SMILES string of the molecule is NC1CCCN(Cc2ccc(F)cc2F)c2ccccc21. The lowest BCUT2D eigenvalue weighted by Crippen LogP contribution is -2.24. The fourth-order valence-electron chi connectivity index (χ4n) is 2.89. The summed E-state index contributed by atoms with van der Waals surface area (Å²) in [6.45, 7) is 1.25. The number of anilines is 1. The number of benzene rings is 2. The Morgan fingerprint density at radius 3 is 2.76 bits per heavy atom. The van der Waals surface area contributed by atoms with Crippen LogP contribution < -0.4 is 10.6 Å². The Balaban J connectivity index is 1.93. The van der Waals surface area contributed by atoms with E-state index in [0.717, 1.165) is 36.7 Å². The molecule has 0 saturated heterocycles. The van der Waals surface area contributed by atoms with Gasteiger partial charge < -0.3 is 10.6 Å². The minimum Gasteiger partial charge on any atom is -0.367 e. The first-order valence-corrected chi connectivity index (χ1v) is 7.18. The average Bonchev–Trinajstić information content (AvgIpc) is 2.63. The number of rotatable bonds is 2. The molecule has 1 aliphatic rings. The molecule has 0 amide bonds. The van der Waals surface area contributed by atoms with Crippen molar-refractivity contribution in [3.63, 3.8) is 0 Å². The van der Waals surface area contributed by atoms with Gasteiger partial charge in [0.2, 0.25) is 0 Å². The van der Waals surface area contributed by atoms with Crippen LogP contribution in [0.2, 0.25) is 0 Å². The second kappa shape index (κ2) is 5.82. The highest BCUT2D eigenvalue weighted by Gasteiger charge is 2.20. The summed E-state index contributed by atoms with van der Waals surface area (Å²) in [5.74, 6) is -1.05. The Morgan fingerprint density at radius 1 is 1.14 bits per heavy atom. The number of hydrogen-bond acceptors (Lipinski definition) is 2. The molecule has 2 aromatic carbocycles. The Hall–Kier alpha value is -1.94. The van der Waals surface area contributed by atoms with Gasteiger partial charge in [-0.3, -0.25) is 0 Å². The van der Waals surface area contributed by atoms with Crippen LogP contribution in [0.1, 0.15) is 30.0 Å². The Morgan fingerprint density at radius 2 is 1.95 bits per heavy atom. The summed E-state index contributed by atoms with van der Waals surface area (Å²) in [6.07, 6.45) is 1.87. The van der Waals surface area contributed by atoms with Crippen LogP contribution in [0, 0.1) is 11.6 Å². The standard InChI is InChI=1S/C17H18F2N2/c18-13-8-7-12(15(19)10-13)11-21-9-3-5-16(20)14-4-1-2-6-17(14)21/h1-2,4,6-8,10,16H,3,5,9,11,20H2. The Labute approximate surface area is 123 Å². The summed E-state index contributed by atoms with van der Waals surface area (Å²) in [5, 5.41) is 0. The average molecular weight is 288 g/mol. The molecule has 0 saturated carbocycles. The summed E-state index contributed by atoms with van der Waals surface area (Å²) < 4.78 is 26.9. The molecule has 1 heterocycles. The van der Waals surface area contributed by atoms with E-state index in [0.29, 0.717) is 12.1 Å². The van der Waals surface area contributed by atoms with E-state index in [-0.39, 0.29) is 6.04 Å². The van der Waals surface area contributed by atoms with Crippen molar-refractivity contribution in [3.05, 3.63) is 65.2 Å². The third kappa shape index (κ3) is 2.90. The molecule has 0 aromatic heterocycles. The quantitative estimate of drug-likeness (QED) is 0.911. The van der Waals surface area contributed by atoms with Crippen LogP contribution in [-0.4, -0.2) is 6.54 Å². The first kappa shape index (κ1) is 14.0. The Bertz CT molecular complexity index is 642. The van der Waals surface area contributed by atoms with Crippen molar-refractivity contribution in [2.24, 2.45) is 5.73 Å². The minimum absolute atomic E-state index is 0.0178. The molecule has 21 heavy (non-hydrogen) atoms. The highest BCUT2D eigenvalue weighted by Crippen LogP contribution is 2.32. The van der Waals surface area contributed by atoms with Crippen LogP contribution in [0.15, 0.2) is 42.5 Å². The third-order valence-electron chi connectivity index (χ3n) is 4.00. The van der Waals surface area contributed by atoms with Crippen molar-refractivity contribution < 1.29 is 8.78 Å². The van der Waals surface area contributed by atoms with E-state index in [1.165, 1.54) is 12.1 Å². The Kier molecular flexibility index (Phi) is 3.88. The maximum absolute atomic E-state index is 13.9. The fraction of sp³-hybridized carbons (Fsp3) is 0.294. The molecule has 2 N–H and O–H groups in total. The summed E-state index contributed by atoms with van der Waals surface area (Å²) in [7, 11) is 0. The van der Waals surface area contributed by atoms with Crippen LogP contribution in [0.3, 0.4) is 0 Å². The predicted molar refractivity (Wildman–Crippen MR) is 80.0 cm³/mol. The number of hydrogen-bond donors (Lipinski definition) is 1. The molecule has 4 heteroatoms. The molecule has 0 bridgehead atoms. The van der Waals surface area contributed by atoms with Crippen LogP contribution in [0.4, 0.5) is 14.5 Å². The normalized spacial score (nSPS) is 18.2. The number of halogens is 2. The predicted octanol–water partition coefficient (Wildman–Crippen LogP) is 3.77. The monoisotopic (exact) mass is 288 g/mol. The number of para-hydroxylation sites is 1. The zero-order chi connectivity index (χ0) is 14.8. The van der Waals surface area contributed by atoms with E-state index in [4.69, 9.17) is 5.73 Å². The van der Waals surface area contributed by atoms with Crippen LogP contribution in [0.25, 0.3) is 0 Å². The fourth-order valence-corrected chi connectivity index (χ4v) is 2.89. The zero-order valence-electron chi connectivity index (χ0n) is 11.7. The van der Waals surface area contributed by atoms with Gasteiger partial charge in [0.1, 0.15) is 11.6 Å². The number of nitrogens with zero attached hydrogens (tertiary/aromatic N) is 1. The highest BCUT2D eigenvalue weighted by atomic mass is 19.1. The molecule has 2 aromatic rings. The van der Waals surface area contributed by atoms with E-state index in [1.807, 2.05) is 24.3 Å². The molecular formula is C17H18F2N2. The molecule has 0 radical (unpaired) electrons. The summed E-state index contributed by atoms with van der Waals surface area (Å²) in [5.41, 5.74) is 8.85. The number of nitrogens with two attached hydrogens (primary N) is 1. The summed E-state index contributed by atoms with van der Waals surface area (Å²) >= 11 is 0. The lowest BCUT2D eigenvalue weighted by molar-refractivity contribution is 0.567. The second-order valence-corrected chi connectivity index (χ2v) is 5.46. The van der Waals surface area contributed by atoms with Gasteiger partial charge in [0.15, 0.2) is 0 Å². The van der Waals surface area contributed by atoms with Crippen molar-refractivity contribution in [2.75, 3.05) is 11.4 Å². The molecule has 1 unspecified atom stereocenters. The molecule has 110 valence electrons. The van der Waals surface area contributed by atoms with Gasteiger partial charge in [-0.1, -0.05) is 24.3 Å². The molecule has 0 spiro atoms. The van der Waals surface area contributed by atoms with Crippen LogP contribution in [0.5, 0.6) is 0 Å². The van der Waals surface area contributed by atoms with Gasteiger partial charge in [0, 0.05) is 36.4 Å². The first-order valence-electron chi connectivity index (χ1n) is 7.18. The van der Waals surface area contributed by atoms with Crippen LogP contribution in [-0.2, 0) is 6.54 Å². The molecule has 1 aliphatic heterocycles. The van der Waals surface area contributed by atoms with E-state index >= 15 is 0 Å². The second-order valence-electron chi connectivity index (χ2n) is 5.46. The molecule has 0 aliphatic carbocycles. The van der Waals surface area contributed by atoms with Gasteiger partial charge in [-0.2, -0.15) is 0 Å². The molecular weight excluding hydrogens is 270 g/mol. The smallest absolute Gasteiger partial charge is 0.131 e. The lowest BCUT2D eigenvalue weighted by atomic mass is 10.0. The molecule has 2 nitrogen and oxygen atoms in total. The highest BCUT2D eigenvalue weighted by molar-refractivity contribution is 5.56. The maximum atomic E-state index is 13.9. The van der Waals surface area contributed by atoms with E-state index in [1.54, 1.807) is 0 Å². The van der Waals surface area contributed by atoms with Crippen molar-refractivity contribution in [1.82, 2.24) is 0 Å². The van der Waals surface area contributed by atoms with E-state index < -0.39 is 11.6 Å². The number of fused-ring (bicyclic) bond motifs is 1. The largest absolute Gasteiger partial charge is 0.367 e. The van der Waals surface area contributed by atoms with Gasteiger partial charge in [-0.25, -0.2) is 8.78 Å². The minimum atomic E-state index is -0.547. The third-order valence-corrected chi connectivity index (χ3v) is 4.00. The van der Waals surface area contributed by atoms with E-state index in [2.05, 4.69) is 4.90 Å². The van der Waals surface area contributed by atoms with Gasteiger partial charge in [-0.15, -0.1) is 0 Å². The molecule has 0 fully saturated rings. The van der Waals surface area contributed by atoms with Crippen molar-refractivity contribution in [1.29, 1.82) is 0 Å². The zero-order valence-corrected chi connectivity index (χ0v) is 11.7. The molecule has 1 atom stereocenters. The topological polar surface area (TPSA) is 29.3 Å². The van der Waals surface area contributed by atoms with Crippen molar-refractivity contribution >= 4 is 5.69 Å². The maximum Gasteiger partial charge on any atom is 0.131 e. The van der Waals surface area contributed by atoms with Gasteiger partial charge in [0.05, 0.1) is 0 Å². The van der Waals surface area contributed by atoms with Crippen molar-refractivity contribution in [2.45, 2.75) is 25.4 Å². The van der Waals surface area contributed by atoms with Gasteiger partial charge in [-0.05, 0) is 30.5 Å². The van der Waals surface area contributed by atoms with E-state index in [9.17, 15) is 8.78 Å². The van der Waals surface area contributed by atoms with Gasteiger partial charge in [0.25, 0.3) is 0 Å². The summed E-state index contributed by atoms with van der Waals surface area (Å²) in [6, 6.07) is 11.7. The first-order chi connectivity index (χ1) is 10.1. The lowest BCUT2D eigenvalue weighted by Gasteiger charge is -2.25. The summed E-state index contributed by atoms with van der Waals surface area (Å²) in [4.78, 5) is 2.12.